The summed E-state index contributed by atoms with van der Waals surface area (Å²) >= 11 is 0. The Morgan fingerprint density at radius 1 is 1.07 bits per heavy atom. The van der Waals surface area contributed by atoms with Gasteiger partial charge in [-0.25, -0.2) is 4.98 Å². The fourth-order valence-electron chi connectivity index (χ4n) is 4.12. The van der Waals surface area contributed by atoms with E-state index in [1.54, 1.807) is 0 Å². The molecule has 0 saturated carbocycles. The molecule has 166 valence electrons. The zero-order valence-electron chi connectivity index (χ0n) is 18.4. The predicted molar refractivity (Wildman–Crippen MR) is 129 cm³/mol. The Kier molecular flexibility index (Phi) is 10.7. The van der Waals surface area contributed by atoms with Crippen molar-refractivity contribution in [3.8, 4) is 0 Å². The normalized spacial score (nSPS) is 19.8. The number of aryl methyl sites for hydroxylation is 2. The van der Waals surface area contributed by atoms with Crippen LogP contribution in [-0.2, 0) is 6.54 Å². The highest BCUT2D eigenvalue weighted by molar-refractivity contribution is 14.0. The molecular weight excluding hydrogens is 479 g/mol. The maximum absolute atomic E-state index is 5.73. The molecule has 29 heavy (non-hydrogen) atoms. The molecule has 0 bridgehead atoms. The molecule has 2 saturated heterocycles. The zero-order valence-corrected chi connectivity index (χ0v) is 20.7. The highest BCUT2D eigenvalue weighted by atomic mass is 127. The van der Waals surface area contributed by atoms with Crippen molar-refractivity contribution in [3.63, 3.8) is 0 Å². The second kappa shape index (κ2) is 12.7. The second-order valence-corrected chi connectivity index (χ2v) is 8.25. The molecule has 0 unspecified atom stereocenters. The third-order valence-corrected chi connectivity index (χ3v) is 6.09. The summed E-state index contributed by atoms with van der Waals surface area (Å²) in [6.45, 7) is 12.6. The van der Waals surface area contributed by atoms with Crippen LogP contribution in [0.15, 0.2) is 9.41 Å². The number of oxazole rings is 1. The van der Waals surface area contributed by atoms with Crippen LogP contribution in [-0.4, -0.2) is 73.6 Å². The number of hydrogen-bond donors (Lipinski definition) is 2. The minimum atomic E-state index is 0. The van der Waals surface area contributed by atoms with E-state index in [1.165, 1.54) is 45.2 Å². The molecule has 7 nitrogen and oxygen atoms in total. The number of nitrogens with zero attached hydrogens (tertiary/aromatic N) is 4. The van der Waals surface area contributed by atoms with Crippen molar-refractivity contribution >= 4 is 29.9 Å². The zero-order chi connectivity index (χ0) is 19.8. The molecule has 2 fully saturated rings. The Morgan fingerprint density at radius 3 is 2.41 bits per heavy atom. The third-order valence-electron chi connectivity index (χ3n) is 6.09. The lowest BCUT2D eigenvalue weighted by molar-refractivity contribution is 0.164. The van der Waals surface area contributed by atoms with Gasteiger partial charge in [0.2, 0.25) is 5.89 Å². The van der Waals surface area contributed by atoms with Gasteiger partial charge >= 0.3 is 0 Å². The van der Waals surface area contributed by atoms with Crippen molar-refractivity contribution in [1.82, 2.24) is 25.4 Å². The van der Waals surface area contributed by atoms with E-state index in [4.69, 9.17) is 4.42 Å². The van der Waals surface area contributed by atoms with Gasteiger partial charge in [-0.15, -0.1) is 24.0 Å². The topological polar surface area (TPSA) is 68.9 Å². The molecular formula is C21H39IN6O. The van der Waals surface area contributed by atoms with Crippen molar-refractivity contribution in [1.29, 1.82) is 0 Å². The van der Waals surface area contributed by atoms with Gasteiger partial charge in [-0.2, -0.15) is 0 Å². The molecule has 0 radical (unpaired) electrons. The molecule has 0 amide bonds. The molecule has 3 heterocycles. The first-order chi connectivity index (χ1) is 13.6. The standard InChI is InChI=1S/C21H38N6O.HI/c1-17-18(2)28-20(25-17)16-27-12-7-19(8-13-27)15-24-21(22-3)23-9-14-26-10-5-4-6-11-26;/h19H,4-16H2,1-3H3,(H2,22,23,24);1H. The van der Waals surface area contributed by atoms with Gasteiger partial charge in [-0.1, -0.05) is 6.42 Å². The van der Waals surface area contributed by atoms with Crippen LogP contribution >= 0.6 is 24.0 Å². The quantitative estimate of drug-likeness (QED) is 0.329. The van der Waals surface area contributed by atoms with Crippen LogP contribution in [0.1, 0.15) is 49.4 Å². The van der Waals surface area contributed by atoms with E-state index in [2.05, 4.69) is 30.4 Å². The van der Waals surface area contributed by atoms with Crippen LogP contribution in [0.5, 0.6) is 0 Å². The first kappa shape index (κ1) is 24.4. The SMILES string of the molecule is CN=C(NCCN1CCCCC1)NCC1CCN(Cc2nc(C)c(C)o2)CC1.I. The number of likely N-dealkylation sites (tertiary alicyclic amines) is 2. The van der Waals surface area contributed by atoms with Gasteiger partial charge in [0.15, 0.2) is 5.96 Å². The van der Waals surface area contributed by atoms with Crippen LogP contribution in [0.4, 0.5) is 0 Å². The molecule has 0 atom stereocenters. The Morgan fingerprint density at radius 2 is 1.79 bits per heavy atom. The summed E-state index contributed by atoms with van der Waals surface area (Å²) in [6, 6.07) is 0. The lowest BCUT2D eigenvalue weighted by Crippen LogP contribution is -2.45. The van der Waals surface area contributed by atoms with E-state index in [-0.39, 0.29) is 24.0 Å². The van der Waals surface area contributed by atoms with Crippen LogP contribution < -0.4 is 10.6 Å². The summed E-state index contributed by atoms with van der Waals surface area (Å²) in [5, 5.41) is 6.99. The number of halogens is 1. The van der Waals surface area contributed by atoms with Crippen molar-refractivity contribution in [3.05, 3.63) is 17.3 Å². The number of hydrogen-bond acceptors (Lipinski definition) is 5. The number of rotatable bonds is 7. The molecule has 1 aromatic heterocycles. The largest absolute Gasteiger partial charge is 0.444 e. The Balaban J connectivity index is 0.00000300. The lowest BCUT2D eigenvalue weighted by Gasteiger charge is -2.31. The molecule has 8 heteroatoms. The van der Waals surface area contributed by atoms with Crippen molar-refractivity contribution in [2.24, 2.45) is 10.9 Å². The summed E-state index contributed by atoms with van der Waals surface area (Å²) in [4.78, 5) is 13.9. The summed E-state index contributed by atoms with van der Waals surface area (Å²) < 4.78 is 5.73. The van der Waals surface area contributed by atoms with Gasteiger partial charge in [0.25, 0.3) is 0 Å². The highest BCUT2D eigenvalue weighted by Gasteiger charge is 2.21. The van der Waals surface area contributed by atoms with E-state index >= 15 is 0 Å². The number of nitrogens with one attached hydrogen (secondary N) is 2. The van der Waals surface area contributed by atoms with E-state index in [0.717, 1.165) is 62.6 Å². The van der Waals surface area contributed by atoms with Crippen molar-refractivity contribution in [2.75, 3.05) is 52.9 Å². The van der Waals surface area contributed by atoms with E-state index in [0.29, 0.717) is 5.92 Å². The van der Waals surface area contributed by atoms with Crippen LogP contribution in [0.25, 0.3) is 0 Å². The van der Waals surface area contributed by atoms with Gasteiger partial charge in [-0.05, 0) is 71.6 Å². The average molecular weight is 518 g/mol. The molecule has 2 aliphatic heterocycles. The van der Waals surface area contributed by atoms with Gasteiger partial charge in [0.05, 0.1) is 12.2 Å². The minimum absolute atomic E-state index is 0. The summed E-state index contributed by atoms with van der Waals surface area (Å²) in [7, 11) is 1.86. The molecule has 1 aromatic rings. The second-order valence-electron chi connectivity index (χ2n) is 8.25. The Hall–Kier alpha value is -0.870. The number of aliphatic imine (C=N–C) groups is 1. The molecule has 3 rings (SSSR count). The maximum atomic E-state index is 5.73. The fraction of sp³-hybridized carbons (Fsp3) is 0.810. The fourth-order valence-corrected chi connectivity index (χ4v) is 4.12. The van der Waals surface area contributed by atoms with Crippen molar-refractivity contribution < 1.29 is 4.42 Å². The Bertz CT molecular complexity index is 601. The van der Waals surface area contributed by atoms with Gasteiger partial charge in [0, 0.05) is 26.7 Å². The predicted octanol–water partition coefficient (Wildman–Crippen LogP) is 2.77. The van der Waals surface area contributed by atoms with Gasteiger partial charge in [-0.3, -0.25) is 9.89 Å². The molecule has 0 spiro atoms. The monoisotopic (exact) mass is 518 g/mol. The summed E-state index contributed by atoms with van der Waals surface area (Å²) in [5.41, 5.74) is 1.01. The number of piperidine rings is 2. The minimum Gasteiger partial charge on any atom is -0.444 e. The number of aromatic nitrogens is 1. The smallest absolute Gasteiger partial charge is 0.208 e. The lowest BCUT2D eigenvalue weighted by atomic mass is 9.97. The van der Waals surface area contributed by atoms with E-state index < -0.39 is 0 Å². The van der Waals surface area contributed by atoms with Crippen LogP contribution in [0.3, 0.4) is 0 Å². The van der Waals surface area contributed by atoms with Gasteiger partial charge < -0.3 is 20.0 Å². The van der Waals surface area contributed by atoms with Gasteiger partial charge in [0.1, 0.15) is 5.76 Å². The average Bonchev–Trinajstić information content (AvgIpc) is 3.03. The molecule has 0 aromatic carbocycles. The van der Waals surface area contributed by atoms with E-state index in [9.17, 15) is 0 Å². The molecule has 0 aliphatic carbocycles. The van der Waals surface area contributed by atoms with Crippen LogP contribution in [0.2, 0.25) is 0 Å². The van der Waals surface area contributed by atoms with Crippen molar-refractivity contribution in [2.45, 2.75) is 52.5 Å². The summed E-state index contributed by atoms with van der Waals surface area (Å²) in [6.07, 6.45) is 6.50. The first-order valence-electron chi connectivity index (χ1n) is 11.0. The Labute approximate surface area is 193 Å². The molecule has 2 N–H and O–H groups in total. The highest BCUT2D eigenvalue weighted by Crippen LogP contribution is 2.19. The third kappa shape index (κ3) is 8.05. The van der Waals surface area contributed by atoms with Crippen LogP contribution in [0, 0.1) is 19.8 Å². The maximum Gasteiger partial charge on any atom is 0.208 e. The number of guanidine groups is 1. The molecule has 2 aliphatic rings. The summed E-state index contributed by atoms with van der Waals surface area (Å²) in [5.74, 6) is 3.42. The van der Waals surface area contributed by atoms with E-state index in [1.807, 2.05) is 20.9 Å². The first-order valence-corrected chi connectivity index (χ1v) is 11.0.